The maximum atomic E-state index is 14.5. The first-order valence-corrected chi connectivity index (χ1v) is 32.9. The number of Topliss-reactive ketones (excluding diaryl/α,β-unsaturated/α-hetero) is 2. The van der Waals surface area contributed by atoms with Gasteiger partial charge in [-0.05, 0) is 114 Å². The van der Waals surface area contributed by atoms with E-state index >= 15 is 0 Å². The summed E-state index contributed by atoms with van der Waals surface area (Å²) in [4.78, 5) is 124. The van der Waals surface area contributed by atoms with Crippen LogP contribution in [0.15, 0.2) is 54.1 Å². The van der Waals surface area contributed by atoms with Crippen molar-refractivity contribution in [1.82, 2.24) is 15.5 Å². The molecule has 4 bridgehead atoms. The number of fused-ring (bicyclic) bond motifs is 5. The van der Waals surface area contributed by atoms with Crippen LogP contribution >= 0.6 is 55.1 Å². The summed E-state index contributed by atoms with van der Waals surface area (Å²) in [5.74, 6) is -5.93. The summed E-state index contributed by atoms with van der Waals surface area (Å²) in [6.45, 7) is 14.3. The number of hydrogen-bond acceptors (Lipinski definition) is 15. The number of unbranched alkanes of at least 4 members (excludes halogenated alkanes) is 1. The van der Waals surface area contributed by atoms with Gasteiger partial charge in [0.15, 0.2) is 5.78 Å². The monoisotopic (exact) mass is 1390 g/mol. The summed E-state index contributed by atoms with van der Waals surface area (Å²) in [5.41, 5.74) is 5.64. The number of amides is 5. The lowest BCUT2D eigenvalue weighted by Gasteiger charge is -2.41. The van der Waals surface area contributed by atoms with Gasteiger partial charge in [0, 0.05) is 75.9 Å². The number of benzene rings is 2. The van der Waals surface area contributed by atoms with Crippen LogP contribution in [-0.2, 0) is 70.1 Å². The SMILES string of the molecule is CO[C@@H]1/C=C/C=C(\C)Cc2cc(C)c(Cl)c(c2)N(C)C(=O)C[C@H](OC(=O)[C@H](C)N(C)C(=O)c2ccc(CC(=O)[C@H](CCCNC(N)=O)NC(=O)[C@@H](CC(=O)CCCCC(C)OC(=O)C(CBr)CBr)C(C)C)cc2Cl)[C@]2(C)O[C@H]2[C@H](C)[C@@H]2C[C@@]1(O)CC(=O)O2. The smallest absolute Gasteiger partial charge is 0.328 e. The van der Waals surface area contributed by atoms with Crippen molar-refractivity contribution in [2.75, 3.05) is 43.3 Å². The Morgan fingerprint density at radius 2 is 1.67 bits per heavy atom. The third kappa shape index (κ3) is 19.9. The van der Waals surface area contributed by atoms with Crippen LogP contribution in [0.1, 0.15) is 140 Å². The highest BCUT2D eigenvalue weighted by atomic mass is 79.9. The second-order valence-corrected chi connectivity index (χ2v) is 26.4. The number of aliphatic hydroxyl groups is 1. The van der Waals surface area contributed by atoms with Crippen LogP contribution in [0.4, 0.5) is 10.5 Å². The third-order valence-corrected chi connectivity index (χ3v) is 19.3. The molecule has 1 unspecified atom stereocenters. The molecule has 11 atom stereocenters. The van der Waals surface area contributed by atoms with Crippen molar-refractivity contribution in [1.29, 1.82) is 0 Å². The van der Waals surface area contributed by atoms with Crippen molar-refractivity contribution < 1.29 is 71.9 Å². The van der Waals surface area contributed by atoms with Gasteiger partial charge in [-0.25, -0.2) is 9.59 Å². The highest BCUT2D eigenvalue weighted by Gasteiger charge is 2.64. The second kappa shape index (κ2) is 33.2. The van der Waals surface area contributed by atoms with Gasteiger partial charge < -0.3 is 55.0 Å². The fourth-order valence-electron chi connectivity index (χ4n) is 11.2. The molecule has 5 N–H and O–H groups in total. The molecule has 3 heterocycles. The molecule has 0 aromatic heterocycles. The summed E-state index contributed by atoms with van der Waals surface area (Å²) in [6.07, 6.45) is 3.04. The second-order valence-electron chi connectivity index (χ2n) is 24.3. The fraction of sp³-hybridized carbons (Fsp3) is 0.609. The summed E-state index contributed by atoms with van der Waals surface area (Å²) in [6, 6.07) is 5.06. The lowest BCUT2D eigenvalue weighted by Crippen LogP contribution is -2.53. The summed E-state index contributed by atoms with van der Waals surface area (Å²) in [7, 11) is 4.41. The molecule has 2 aromatic rings. The molecule has 2 fully saturated rings. The Bertz CT molecular complexity index is 2940. The lowest BCUT2D eigenvalue weighted by molar-refractivity contribution is -0.187. The number of ether oxygens (including phenoxy) is 5. The number of anilines is 1. The molecule has 486 valence electrons. The zero-order valence-electron chi connectivity index (χ0n) is 52.2. The minimum Gasteiger partial charge on any atom is -0.462 e. The molecule has 5 amide bonds. The van der Waals surface area contributed by atoms with Gasteiger partial charge >= 0.3 is 23.9 Å². The maximum absolute atomic E-state index is 14.5. The molecule has 2 saturated heterocycles. The number of nitrogens with zero attached hydrogens (tertiary/aromatic N) is 2. The molecule has 88 heavy (non-hydrogen) atoms. The molecule has 3 aliphatic rings. The minimum atomic E-state index is -1.65. The highest BCUT2D eigenvalue weighted by Crippen LogP contribution is 2.50. The predicted octanol–water partition coefficient (Wildman–Crippen LogP) is 9.21. The minimum absolute atomic E-state index is 0.0107. The molecule has 24 heteroatoms. The quantitative estimate of drug-likeness (QED) is 0.0225. The van der Waals surface area contributed by atoms with Crippen LogP contribution in [0.2, 0.25) is 10.0 Å². The molecule has 0 radical (unpaired) electrons. The van der Waals surface area contributed by atoms with Gasteiger partial charge in [0.25, 0.3) is 5.91 Å². The molecule has 0 aliphatic carbocycles. The van der Waals surface area contributed by atoms with Crippen LogP contribution < -0.4 is 21.3 Å². The van der Waals surface area contributed by atoms with Gasteiger partial charge in [0.1, 0.15) is 41.3 Å². The molecule has 0 spiro atoms. The number of carbonyl (C=O) groups excluding carboxylic acids is 9. The first-order valence-electron chi connectivity index (χ1n) is 29.9. The zero-order valence-corrected chi connectivity index (χ0v) is 56.9. The number of allylic oxidation sites excluding steroid dienone is 3. The highest BCUT2D eigenvalue weighted by molar-refractivity contribution is 9.09. The number of nitrogens with two attached hydrogens (primary N) is 1. The zero-order chi connectivity index (χ0) is 65.5. The predicted molar refractivity (Wildman–Crippen MR) is 342 cm³/mol. The van der Waals surface area contributed by atoms with Gasteiger partial charge in [-0.1, -0.05) is 112 Å². The number of primary amides is 1. The van der Waals surface area contributed by atoms with Crippen molar-refractivity contribution >= 4 is 114 Å². The summed E-state index contributed by atoms with van der Waals surface area (Å²) in [5, 5.41) is 18.6. The number of nitrogens with one attached hydrogen (secondary N) is 2. The fourth-order valence-corrected chi connectivity index (χ4v) is 13.3. The topological polar surface area (TPSA) is 280 Å². The average molecular weight is 1400 g/mol. The number of esters is 3. The molecule has 0 saturated carbocycles. The average Bonchev–Trinajstić information content (AvgIpc) is 1.78. The Balaban J connectivity index is 1.31. The first-order chi connectivity index (χ1) is 41.4. The first kappa shape index (κ1) is 73.5. The molecule has 20 nitrogen and oxygen atoms in total. The van der Waals surface area contributed by atoms with Gasteiger partial charge in [0.05, 0.1) is 58.3 Å². The number of methoxy groups -OCH3 is 1. The molecule has 2 aromatic carbocycles. The van der Waals surface area contributed by atoms with Crippen LogP contribution in [0, 0.1) is 30.6 Å². The maximum Gasteiger partial charge on any atom is 0.328 e. The Morgan fingerprint density at radius 3 is 2.31 bits per heavy atom. The van der Waals surface area contributed by atoms with E-state index in [1.165, 1.54) is 44.2 Å². The number of alkyl halides is 2. The number of halogens is 4. The van der Waals surface area contributed by atoms with Gasteiger partial charge in [-0.2, -0.15) is 0 Å². The van der Waals surface area contributed by atoms with E-state index in [1.54, 1.807) is 40.0 Å². The van der Waals surface area contributed by atoms with E-state index in [2.05, 4.69) is 42.5 Å². The van der Waals surface area contributed by atoms with Crippen molar-refractivity contribution in [3.05, 3.63) is 86.4 Å². The van der Waals surface area contributed by atoms with E-state index < -0.39 is 107 Å². The van der Waals surface area contributed by atoms with Crippen molar-refractivity contribution in [3.8, 4) is 0 Å². The third-order valence-electron chi connectivity index (χ3n) is 16.9. The number of epoxide rings is 1. The van der Waals surface area contributed by atoms with Gasteiger partial charge in [-0.3, -0.25) is 33.6 Å². The van der Waals surface area contributed by atoms with Crippen LogP contribution in [0.3, 0.4) is 0 Å². The molecular formula is C64H87Br2Cl2N5O15. The van der Waals surface area contributed by atoms with E-state index in [0.717, 1.165) is 21.6 Å². The Morgan fingerprint density at radius 1 is 0.977 bits per heavy atom. The van der Waals surface area contributed by atoms with Crippen molar-refractivity contribution in [2.24, 2.45) is 29.4 Å². The van der Waals surface area contributed by atoms with Gasteiger partial charge in [0.2, 0.25) is 11.8 Å². The largest absolute Gasteiger partial charge is 0.462 e. The van der Waals surface area contributed by atoms with E-state index in [4.69, 9.17) is 52.6 Å². The lowest BCUT2D eigenvalue weighted by atomic mass is 9.78. The Kier molecular flexibility index (Phi) is 27.7. The number of urea groups is 1. The van der Waals surface area contributed by atoms with Crippen LogP contribution in [0.25, 0.3) is 0 Å². The number of hydrogen-bond donors (Lipinski definition) is 4. The number of rotatable bonds is 26. The summed E-state index contributed by atoms with van der Waals surface area (Å²) >= 11 is 20.3. The number of aryl methyl sites for hydroxylation is 1. The Hall–Kier alpha value is -5.23. The Labute approximate surface area is 543 Å². The van der Waals surface area contributed by atoms with Crippen LogP contribution in [-0.4, -0.2) is 155 Å². The molecule has 3 aliphatic heterocycles. The van der Waals surface area contributed by atoms with E-state index in [1.807, 2.05) is 45.9 Å². The van der Waals surface area contributed by atoms with E-state index in [-0.39, 0.29) is 91.8 Å². The van der Waals surface area contributed by atoms with E-state index in [9.17, 15) is 48.3 Å². The van der Waals surface area contributed by atoms with Crippen molar-refractivity contribution in [2.45, 2.75) is 186 Å². The standard InChI is InChI=1S/C64H87Br2Cl2N5O15/c1-35(2)46(29-44(74)18-13-12-17-38(5)85-61(81)43(33-65)34-66)58(78)71-48(19-15-23-70-62(69)82)50(75)28-41-21-22-45(47(67)26-41)59(79)72(9)40(7)60(80)87-53-30-54(76)73(10)49-27-42(25-37(4)56(49)68)24-36(3)16-14-20-52(84-11)64(83)31-51(86-55(77)32-64)39(6)57-63(53,8)88-57/h14,16,20-22,25-27,35,38-40,43,46,48,51-53,57,83H,12-13,15,17-19,23-24,28-34H2,1-11H3,(H,71,78)(H3,69,70,82)/b20-14+,36-16+/t38?,39-,40+,46+,48+,51+,52-,53+,57+,63+,64-/m1/s1. The molecule has 5 rings (SSSR count). The van der Waals surface area contributed by atoms with Gasteiger partial charge in [-0.15, -0.1) is 0 Å². The number of carbonyl (C=O) groups is 9. The van der Waals surface area contributed by atoms with E-state index in [0.29, 0.717) is 52.6 Å². The normalized spacial score (nSPS) is 24.5. The van der Waals surface area contributed by atoms with Crippen LogP contribution in [0.5, 0.6) is 0 Å². The number of ketones is 2. The molecular weight excluding hydrogens is 1310 g/mol. The number of likely N-dealkylation sites (N-methyl/N-ethyl adjacent to an activating group) is 1. The summed E-state index contributed by atoms with van der Waals surface area (Å²) < 4.78 is 29.7. The van der Waals surface area contributed by atoms with Crippen molar-refractivity contribution in [3.63, 3.8) is 0 Å².